The number of carbonyl (C=O) groups excluding carboxylic acids is 1. The lowest BCUT2D eigenvalue weighted by atomic mass is 9.99. The lowest BCUT2D eigenvalue weighted by Gasteiger charge is -2.26. The van der Waals surface area contributed by atoms with E-state index in [1.54, 1.807) is 11.8 Å². The Kier molecular flexibility index (Phi) is 5.61. The number of aliphatic carboxylic acids is 1. The molecule has 2 amide bonds. The highest BCUT2D eigenvalue weighted by molar-refractivity contribution is 5.83. The fourth-order valence-electron chi connectivity index (χ4n) is 1.91. The summed E-state index contributed by atoms with van der Waals surface area (Å²) in [5.41, 5.74) is 0. The van der Waals surface area contributed by atoms with Gasteiger partial charge in [-0.1, -0.05) is 20.3 Å². The number of nitrogens with one attached hydrogen (secondary N) is 1. The summed E-state index contributed by atoms with van der Waals surface area (Å²) in [6, 6.07) is 0.930. The van der Waals surface area contributed by atoms with Crippen molar-refractivity contribution in [2.45, 2.75) is 51.6 Å². The van der Waals surface area contributed by atoms with Crippen LogP contribution in [0.25, 0.3) is 0 Å². The fraction of sp³-hybridized carbons (Fsp3) is 0.769. The fourth-order valence-corrected chi connectivity index (χ4v) is 1.91. The Morgan fingerprint density at radius 1 is 1.53 bits per heavy atom. The second-order valence-electron chi connectivity index (χ2n) is 4.98. The molecule has 1 aliphatic rings. The molecular formula is C13H21N3O3. The Hall–Kier alpha value is -1.77. The maximum Gasteiger partial charge on any atom is 0.326 e. The molecule has 1 fully saturated rings. The van der Waals surface area contributed by atoms with E-state index in [9.17, 15) is 9.59 Å². The van der Waals surface area contributed by atoms with Crippen molar-refractivity contribution in [2.75, 3.05) is 6.54 Å². The van der Waals surface area contributed by atoms with Crippen molar-refractivity contribution in [3.05, 3.63) is 0 Å². The van der Waals surface area contributed by atoms with E-state index in [2.05, 4.69) is 5.32 Å². The SMILES string of the molecule is CCC(C)C(NC(=O)N(CCC#N)C1CC1)C(=O)O. The van der Waals surface area contributed by atoms with Crippen LogP contribution in [-0.2, 0) is 4.79 Å². The zero-order chi connectivity index (χ0) is 14.4. The van der Waals surface area contributed by atoms with Gasteiger partial charge in [0.1, 0.15) is 6.04 Å². The van der Waals surface area contributed by atoms with Gasteiger partial charge in [-0.3, -0.25) is 0 Å². The van der Waals surface area contributed by atoms with Gasteiger partial charge in [-0.15, -0.1) is 0 Å². The highest BCUT2D eigenvalue weighted by atomic mass is 16.4. The van der Waals surface area contributed by atoms with Gasteiger partial charge in [0, 0.05) is 12.6 Å². The Morgan fingerprint density at radius 2 is 2.16 bits per heavy atom. The monoisotopic (exact) mass is 267 g/mol. The molecule has 0 aromatic rings. The van der Waals surface area contributed by atoms with Crippen LogP contribution in [0.15, 0.2) is 0 Å². The number of hydrogen-bond donors (Lipinski definition) is 2. The molecule has 1 saturated carbocycles. The molecule has 1 rings (SSSR count). The average Bonchev–Trinajstić information content (AvgIpc) is 3.19. The molecule has 2 atom stereocenters. The average molecular weight is 267 g/mol. The van der Waals surface area contributed by atoms with Crippen molar-refractivity contribution >= 4 is 12.0 Å². The van der Waals surface area contributed by atoms with E-state index >= 15 is 0 Å². The van der Waals surface area contributed by atoms with Crippen LogP contribution in [0.3, 0.4) is 0 Å². The van der Waals surface area contributed by atoms with Gasteiger partial charge in [0.15, 0.2) is 0 Å². The zero-order valence-corrected chi connectivity index (χ0v) is 11.4. The second-order valence-corrected chi connectivity index (χ2v) is 4.98. The van der Waals surface area contributed by atoms with E-state index in [0.29, 0.717) is 13.0 Å². The molecule has 0 spiro atoms. The smallest absolute Gasteiger partial charge is 0.326 e. The van der Waals surface area contributed by atoms with Crippen LogP contribution >= 0.6 is 0 Å². The van der Waals surface area contributed by atoms with Crippen LogP contribution in [0.2, 0.25) is 0 Å². The first-order chi connectivity index (χ1) is 9.01. The molecule has 2 unspecified atom stereocenters. The largest absolute Gasteiger partial charge is 0.480 e. The third kappa shape index (κ3) is 4.43. The molecule has 1 aliphatic carbocycles. The number of rotatable bonds is 7. The first-order valence-electron chi connectivity index (χ1n) is 6.68. The van der Waals surface area contributed by atoms with Crippen LogP contribution in [0.4, 0.5) is 4.79 Å². The van der Waals surface area contributed by atoms with Crippen molar-refractivity contribution in [1.82, 2.24) is 10.2 Å². The molecule has 2 N–H and O–H groups in total. The first kappa shape index (κ1) is 15.3. The highest BCUT2D eigenvalue weighted by Gasteiger charge is 2.34. The van der Waals surface area contributed by atoms with E-state index in [4.69, 9.17) is 10.4 Å². The van der Waals surface area contributed by atoms with Gasteiger partial charge in [-0.05, 0) is 18.8 Å². The van der Waals surface area contributed by atoms with Crippen LogP contribution < -0.4 is 5.32 Å². The van der Waals surface area contributed by atoms with Gasteiger partial charge >= 0.3 is 12.0 Å². The number of nitrogens with zero attached hydrogens (tertiary/aromatic N) is 2. The number of carbonyl (C=O) groups is 2. The van der Waals surface area contributed by atoms with Gasteiger partial charge in [0.2, 0.25) is 0 Å². The second kappa shape index (κ2) is 6.98. The first-order valence-corrected chi connectivity index (χ1v) is 6.68. The van der Waals surface area contributed by atoms with Gasteiger partial charge in [-0.25, -0.2) is 9.59 Å². The molecular weight excluding hydrogens is 246 g/mol. The summed E-state index contributed by atoms with van der Waals surface area (Å²) in [4.78, 5) is 24.9. The summed E-state index contributed by atoms with van der Waals surface area (Å²) in [6.45, 7) is 4.05. The van der Waals surface area contributed by atoms with Crippen LogP contribution in [-0.4, -0.2) is 40.6 Å². The molecule has 0 aliphatic heterocycles. The minimum Gasteiger partial charge on any atom is -0.480 e. The highest BCUT2D eigenvalue weighted by Crippen LogP contribution is 2.27. The minimum atomic E-state index is -1.02. The Bertz CT molecular complexity index is 374. The summed E-state index contributed by atoms with van der Waals surface area (Å²) in [5.74, 6) is -1.14. The Morgan fingerprint density at radius 3 is 2.58 bits per heavy atom. The van der Waals surface area contributed by atoms with Crippen LogP contribution in [0.5, 0.6) is 0 Å². The summed E-state index contributed by atoms with van der Waals surface area (Å²) in [6.07, 6.45) is 2.81. The topological polar surface area (TPSA) is 93.4 Å². The van der Waals surface area contributed by atoms with E-state index in [0.717, 1.165) is 12.8 Å². The summed E-state index contributed by atoms with van der Waals surface area (Å²) in [7, 11) is 0. The summed E-state index contributed by atoms with van der Waals surface area (Å²) in [5, 5.41) is 20.3. The quantitative estimate of drug-likeness (QED) is 0.732. The minimum absolute atomic E-state index is 0.126. The normalized spacial score (nSPS) is 17.1. The van der Waals surface area contributed by atoms with Crippen molar-refractivity contribution in [1.29, 1.82) is 5.26 Å². The molecule has 106 valence electrons. The van der Waals surface area contributed by atoms with E-state index in [-0.39, 0.29) is 24.4 Å². The number of nitriles is 1. The van der Waals surface area contributed by atoms with E-state index in [1.807, 2.05) is 13.0 Å². The maximum absolute atomic E-state index is 12.1. The number of urea groups is 1. The molecule has 0 aromatic carbocycles. The van der Waals surface area contributed by atoms with Gasteiger partial charge < -0.3 is 15.3 Å². The van der Waals surface area contributed by atoms with E-state index in [1.165, 1.54) is 0 Å². The van der Waals surface area contributed by atoms with Gasteiger partial charge in [0.05, 0.1) is 12.5 Å². The molecule has 6 nitrogen and oxygen atoms in total. The van der Waals surface area contributed by atoms with Crippen LogP contribution in [0, 0.1) is 17.2 Å². The van der Waals surface area contributed by atoms with Gasteiger partial charge in [0.25, 0.3) is 0 Å². The summed E-state index contributed by atoms with van der Waals surface area (Å²) < 4.78 is 0. The lowest BCUT2D eigenvalue weighted by molar-refractivity contribution is -0.140. The van der Waals surface area contributed by atoms with Crippen molar-refractivity contribution in [3.63, 3.8) is 0 Å². The summed E-state index contributed by atoms with van der Waals surface area (Å²) >= 11 is 0. The van der Waals surface area contributed by atoms with Crippen molar-refractivity contribution in [3.8, 4) is 6.07 Å². The lowest BCUT2D eigenvalue weighted by Crippen LogP contribution is -2.51. The van der Waals surface area contributed by atoms with E-state index < -0.39 is 12.0 Å². The van der Waals surface area contributed by atoms with Gasteiger partial charge in [-0.2, -0.15) is 5.26 Å². The number of carboxylic acid groups (broad SMARTS) is 1. The molecule has 0 heterocycles. The van der Waals surface area contributed by atoms with Crippen molar-refractivity contribution in [2.24, 2.45) is 5.92 Å². The molecule has 6 heteroatoms. The van der Waals surface area contributed by atoms with Crippen LogP contribution in [0.1, 0.15) is 39.5 Å². The molecule has 0 radical (unpaired) electrons. The molecule has 19 heavy (non-hydrogen) atoms. The Labute approximate surface area is 113 Å². The molecule has 0 saturated heterocycles. The molecule has 0 aromatic heterocycles. The third-order valence-electron chi connectivity index (χ3n) is 3.47. The molecule has 0 bridgehead atoms. The number of amides is 2. The maximum atomic E-state index is 12.1. The zero-order valence-electron chi connectivity index (χ0n) is 11.4. The predicted molar refractivity (Wildman–Crippen MR) is 69.4 cm³/mol. The number of hydrogen-bond acceptors (Lipinski definition) is 3. The Balaban J connectivity index is 2.63. The van der Waals surface area contributed by atoms with Crippen molar-refractivity contribution < 1.29 is 14.7 Å². The third-order valence-corrected chi connectivity index (χ3v) is 3.47. The number of carboxylic acids is 1. The predicted octanol–water partition coefficient (Wildman–Crippen LogP) is 1.57. The standard InChI is InChI=1S/C13H21N3O3/c1-3-9(2)11(12(17)18)15-13(19)16(8-4-7-14)10-5-6-10/h9-11H,3-6,8H2,1-2H3,(H,15,19)(H,17,18).